The number of nitrogens with zero attached hydrogens (tertiary/aromatic N) is 2. The van der Waals surface area contributed by atoms with Crippen molar-refractivity contribution in [3.8, 4) is 6.07 Å². The van der Waals surface area contributed by atoms with Crippen molar-refractivity contribution in [3.63, 3.8) is 0 Å². The first-order valence-corrected chi connectivity index (χ1v) is 12.5. The fourth-order valence-corrected chi connectivity index (χ4v) is 5.35. The summed E-state index contributed by atoms with van der Waals surface area (Å²) in [5.74, 6) is 0.221. The van der Waals surface area contributed by atoms with Crippen molar-refractivity contribution >= 4 is 27.3 Å². The molecule has 1 aliphatic rings. The quantitative estimate of drug-likeness (QED) is 0.536. The van der Waals surface area contributed by atoms with Crippen molar-refractivity contribution in [3.05, 3.63) is 89.0 Å². The number of likely N-dealkylation sites (tertiary alicyclic amines) is 1. The van der Waals surface area contributed by atoms with Crippen molar-refractivity contribution in [2.45, 2.75) is 30.6 Å². The van der Waals surface area contributed by atoms with Crippen LogP contribution in [0.1, 0.15) is 45.8 Å². The molecule has 3 N–H and O–H groups in total. The summed E-state index contributed by atoms with van der Waals surface area (Å²) in [6.07, 6.45) is 1.66. The molecule has 0 bridgehead atoms. The molecule has 3 aromatic carbocycles. The van der Waals surface area contributed by atoms with E-state index in [1.54, 1.807) is 42.2 Å². The lowest BCUT2D eigenvalue weighted by Crippen LogP contribution is -2.38. The van der Waals surface area contributed by atoms with Crippen molar-refractivity contribution in [1.82, 2.24) is 4.90 Å². The van der Waals surface area contributed by atoms with Crippen LogP contribution in [0.4, 0.5) is 11.4 Å². The Hall–Kier alpha value is -3.83. The molecule has 0 saturated carbocycles. The third-order valence-corrected chi connectivity index (χ3v) is 7.55. The van der Waals surface area contributed by atoms with Crippen LogP contribution >= 0.6 is 0 Å². The zero-order chi connectivity index (χ0) is 24.3. The first-order chi connectivity index (χ1) is 16.3. The average Bonchev–Trinajstić information content (AvgIpc) is 2.85. The number of carbonyl (C=O) groups is 1. The van der Waals surface area contributed by atoms with Gasteiger partial charge >= 0.3 is 0 Å². The number of nitrogens with two attached hydrogens (primary N) is 1. The summed E-state index contributed by atoms with van der Waals surface area (Å²) in [6, 6.07) is 20.9. The maximum Gasteiger partial charge on any atom is 0.261 e. The molecule has 0 aromatic heterocycles. The molecule has 1 amide bonds. The van der Waals surface area contributed by atoms with Gasteiger partial charge in [0.25, 0.3) is 15.9 Å². The van der Waals surface area contributed by atoms with Crippen molar-refractivity contribution in [2.75, 3.05) is 23.5 Å². The summed E-state index contributed by atoms with van der Waals surface area (Å²) < 4.78 is 28.2. The Balaban J connectivity index is 1.46. The third kappa shape index (κ3) is 5.05. The fraction of sp³-hybridized carbons (Fsp3) is 0.231. The summed E-state index contributed by atoms with van der Waals surface area (Å²) in [7, 11) is -3.84. The lowest BCUT2D eigenvalue weighted by Gasteiger charge is -2.32. The molecule has 1 aliphatic heterocycles. The van der Waals surface area contributed by atoms with Gasteiger partial charge in [-0.15, -0.1) is 0 Å². The minimum Gasteiger partial charge on any atom is -0.399 e. The smallest absolute Gasteiger partial charge is 0.261 e. The number of nitrogens with one attached hydrogen (secondary N) is 1. The number of piperidine rings is 1. The monoisotopic (exact) mass is 474 g/mol. The Kier molecular flexibility index (Phi) is 6.57. The van der Waals surface area contributed by atoms with Gasteiger partial charge in [-0.1, -0.05) is 24.3 Å². The summed E-state index contributed by atoms with van der Waals surface area (Å²) in [5, 5.41) is 8.97. The van der Waals surface area contributed by atoms with E-state index < -0.39 is 10.0 Å². The Labute approximate surface area is 199 Å². The molecule has 1 fully saturated rings. The molecule has 1 heterocycles. The SMILES string of the molecule is Cc1ccc(C(=O)N2CCC(c3ccc(C#N)cc3)CC2)cc1NS(=O)(=O)c1cccc(N)c1. The van der Waals surface area contributed by atoms with Crippen molar-refractivity contribution in [1.29, 1.82) is 5.26 Å². The van der Waals surface area contributed by atoms with Gasteiger partial charge in [0.2, 0.25) is 0 Å². The van der Waals surface area contributed by atoms with E-state index in [1.165, 1.54) is 17.7 Å². The van der Waals surface area contributed by atoms with Gasteiger partial charge in [-0.2, -0.15) is 5.26 Å². The maximum atomic E-state index is 13.2. The van der Waals surface area contributed by atoms with Gasteiger partial charge in [-0.05, 0) is 79.3 Å². The zero-order valence-corrected chi connectivity index (χ0v) is 19.7. The number of carbonyl (C=O) groups excluding carboxylic acids is 1. The Morgan fingerprint density at radius 2 is 1.76 bits per heavy atom. The van der Waals surface area contributed by atoms with Gasteiger partial charge < -0.3 is 10.6 Å². The largest absolute Gasteiger partial charge is 0.399 e. The highest BCUT2D eigenvalue weighted by Gasteiger charge is 2.25. The highest BCUT2D eigenvalue weighted by atomic mass is 32.2. The van der Waals surface area contributed by atoms with Crippen LogP contribution in [-0.2, 0) is 10.0 Å². The maximum absolute atomic E-state index is 13.2. The number of sulfonamides is 1. The molecule has 34 heavy (non-hydrogen) atoms. The normalized spacial score (nSPS) is 14.4. The van der Waals surface area contributed by atoms with E-state index in [-0.39, 0.29) is 10.8 Å². The minimum atomic E-state index is -3.84. The van der Waals surface area contributed by atoms with Crippen LogP contribution in [0.15, 0.2) is 71.6 Å². The number of rotatable bonds is 5. The molecule has 4 rings (SSSR count). The highest BCUT2D eigenvalue weighted by Crippen LogP contribution is 2.30. The lowest BCUT2D eigenvalue weighted by atomic mass is 9.89. The van der Waals surface area contributed by atoms with Gasteiger partial charge in [0, 0.05) is 24.3 Å². The van der Waals surface area contributed by atoms with Crippen LogP contribution in [0, 0.1) is 18.3 Å². The minimum absolute atomic E-state index is 0.0634. The van der Waals surface area contributed by atoms with E-state index in [4.69, 9.17) is 11.0 Å². The molecule has 8 heteroatoms. The topological polar surface area (TPSA) is 116 Å². The Morgan fingerprint density at radius 1 is 1.06 bits per heavy atom. The van der Waals surface area contributed by atoms with Gasteiger partial charge in [-0.25, -0.2) is 8.42 Å². The standard InChI is InChI=1S/C26H26N4O3S/c1-18-5-8-22(15-25(18)29-34(32,33)24-4-2-3-23(28)16-24)26(31)30-13-11-21(12-14-30)20-9-6-19(17-27)7-10-20/h2-10,15-16,21,29H,11-14,28H2,1H3. The summed E-state index contributed by atoms with van der Waals surface area (Å²) in [4.78, 5) is 15.0. The number of anilines is 2. The summed E-state index contributed by atoms with van der Waals surface area (Å²) in [5.41, 5.74) is 9.41. The molecule has 3 aromatic rings. The summed E-state index contributed by atoms with van der Waals surface area (Å²) in [6.45, 7) is 3.01. The molecule has 0 atom stereocenters. The first kappa shape index (κ1) is 23.3. The molecule has 7 nitrogen and oxygen atoms in total. The van der Waals surface area contributed by atoms with E-state index in [2.05, 4.69) is 10.8 Å². The second kappa shape index (κ2) is 9.57. The van der Waals surface area contributed by atoms with E-state index in [9.17, 15) is 13.2 Å². The van der Waals surface area contributed by atoms with Crippen LogP contribution < -0.4 is 10.5 Å². The first-order valence-electron chi connectivity index (χ1n) is 11.0. The van der Waals surface area contributed by atoms with Crippen LogP contribution in [-0.4, -0.2) is 32.3 Å². The number of aryl methyl sites for hydroxylation is 1. The van der Waals surface area contributed by atoms with Crippen LogP contribution in [0.2, 0.25) is 0 Å². The lowest BCUT2D eigenvalue weighted by molar-refractivity contribution is 0.0713. The van der Waals surface area contributed by atoms with Gasteiger partial charge in [0.15, 0.2) is 0 Å². The van der Waals surface area contributed by atoms with Crippen molar-refractivity contribution < 1.29 is 13.2 Å². The van der Waals surface area contributed by atoms with Gasteiger partial charge in [0.1, 0.15) is 0 Å². The molecular weight excluding hydrogens is 448 g/mol. The third-order valence-electron chi connectivity index (χ3n) is 6.19. The number of hydrogen-bond acceptors (Lipinski definition) is 5. The van der Waals surface area contributed by atoms with Crippen LogP contribution in [0.5, 0.6) is 0 Å². The number of benzene rings is 3. The van der Waals surface area contributed by atoms with E-state index in [0.29, 0.717) is 47.1 Å². The Bertz CT molecular complexity index is 1350. The number of nitriles is 1. The van der Waals surface area contributed by atoms with Gasteiger partial charge in [-0.3, -0.25) is 9.52 Å². The highest BCUT2D eigenvalue weighted by molar-refractivity contribution is 7.92. The zero-order valence-electron chi connectivity index (χ0n) is 18.9. The summed E-state index contributed by atoms with van der Waals surface area (Å²) >= 11 is 0. The predicted octanol–water partition coefficient (Wildman–Crippen LogP) is 4.27. The molecule has 0 aliphatic carbocycles. The molecule has 0 spiro atoms. The number of nitrogen functional groups attached to an aromatic ring is 1. The molecule has 1 saturated heterocycles. The van der Waals surface area contributed by atoms with E-state index in [0.717, 1.165) is 12.8 Å². The second-order valence-corrected chi connectivity index (χ2v) is 10.2. The second-order valence-electron chi connectivity index (χ2n) is 8.51. The molecular formula is C26H26N4O3S. The Morgan fingerprint density at radius 3 is 2.41 bits per heavy atom. The fourth-order valence-electron chi connectivity index (χ4n) is 4.18. The van der Waals surface area contributed by atoms with E-state index >= 15 is 0 Å². The van der Waals surface area contributed by atoms with Gasteiger partial charge in [0.05, 0.1) is 22.2 Å². The number of amides is 1. The predicted molar refractivity (Wildman–Crippen MR) is 132 cm³/mol. The molecule has 0 radical (unpaired) electrons. The van der Waals surface area contributed by atoms with Crippen LogP contribution in [0.25, 0.3) is 0 Å². The number of hydrogen-bond donors (Lipinski definition) is 2. The van der Waals surface area contributed by atoms with Crippen LogP contribution in [0.3, 0.4) is 0 Å². The van der Waals surface area contributed by atoms with E-state index in [1.807, 2.05) is 24.3 Å². The van der Waals surface area contributed by atoms with Crippen molar-refractivity contribution in [2.24, 2.45) is 0 Å². The average molecular weight is 475 g/mol. The molecule has 174 valence electrons. The molecule has 0 unspecified atom stereocenters.